The summed E-state index contributed by atoms with van der Waals surface area (Å²) in [5.41, 5.74) is 1.96. The van der Waals surface area contributed by atoms with Crippen molar-refractivity contribution in [2.75, 3.05) is 0 Å². The summed E-state index contributed by atoms with van der Waals surface area (Å²) < 4.78 is 7.54. The van der Waals surface area contributed by atoms with Gasteiger partial charge in [0.15, 0.2) is 0 Å². The average Bonchev–Trinajstić information content (AvgIpc) is 2.38. The van der Waals surface area contributed by atoms with E-state index in [-0.39, 0.29) is 6.10 Å². The van der Waals surface area contributed by atoms with Gasteiger partial charge in [0.1, 0.15) is 5.75 Å². The number of hydrogen-bond donors (Lipinski definition) is 0. The number of rotatable bonds is 3. The van der Waals surface area contributed by atoms with Gasteiger partial charge in [0, 0.05) is 9.13 Å². The summed E-state index contributed by atoms with van der Waals surface area (Å²) >= 11 is 2.46. The zero-order valence-electron chi connectivity index (χ0n) is 13.1. The van der Waals surface area contributed by atoms with E-state index in [1.165, 1.54) is 47.7 Å². The van der Waals surface area contributed by atoms with Gasteiger partial charge in [0.05, 0.1) is 6.10 Å². The highest BCUT2D eigenvalue weighted by Gasteiger charge is 2.52. The quantitative estimate of drug-likeness (QED) is 0.609. The Morgan fingerprint density at radius 3 is 2.14 bits per heavy atom. The molecular formula is C19H25IO. The van der Waals surface area contributed by atoms with E-state index >= 15 is 0 Å². The first-order chi connectivity index (χ1) is 10.0. The third kappa shape index (κ3) is 2.51. The number of hydrogen-bond acceptors (Lipinski definition) is 1. The van der Waals surface area contributed by atoms with Crippen LogP contribution in [0.4, 0.5) is 0 Å². The smallest absolute Gasteiger partial charge is 0.123 e. The van der Waals surface area contributed by atoms with Crippen LogP contribution in [0.1, 0.15) is 57.9 Å². The lowest BCUT2D eigenvalue weighted by atomic mass is 9.48. The molecule has 0 atom stereocenters. The van der Waals surface area contributed by atoms with Gasteiger partial charge in [0.2, 0.25) is 0 Å². The van der Waals surface area contributed by atoms with Crippen molar-refractivity contribution in [3.05, 3.63) is 27.3 Å². The normalized spacial score (nSPS) is 37.2. The predicted octanol–water partition coefficient (Wildman–Crippen LogP) is 5.55. The molecule has 0 N–H and O–H groups in total. The second-order valence-corrected chi connectivity index (χ2v) is 9.25. The largest absolute Gasteiger partial charge is 0.491 e. The van der Waals surface area contributed by atoms with Gasteiger partial charge in [0.25, 0.3) is 0 Å². The summed E-state index contributed by atoms with van der Waals surface area (Å²) in [6.45, 7) is 4.28. The molecule has 0 unspecified atom stereocenters. The van der Waals surface area contributed by atoms with E-state index in [4.69, 9.17) is 4.74 Å². The molecule has 0 amide bonds. The van der Waals surface area contributed by atoms with Crippen molar-refractivity contribution in [1.82, 2.24) is 0 Å². The van der Waals surface area contributed by atoms with Gasteiger partial charge in [-0.3, -0.25) is 0 Å². The minimum Gasteiger partial charge on any atom is -0.491 e. The zero-order chi connectivity index (χ0) is 14.6. The van der Waals surface area contributed by atoms with Crippen molar-refractivity contribution >= 4 is 22.6 Å². The predicted molar refractivity (Wildman–Crippen MR) is 94.8 cm³/mol. The van der Waals surface area contributed by atoms with Crippen molar-refractivity contribution in [2.24, 2.45) is 17.8 Å². The number of halogens is 1. The average molecular weight is 396 g/mol. The Bertz CT molecular complexity index is 513. The third-order valence-corrected chi connectivity index (χ3v) is 6.58. The number of ether oxygens (including phenoxy) is 1. The summed E-state index contributed by atoms with van der Waals surface area (Å²) in [5.74, 6) is 4.12. The molecule has 4 aliphatic rings. The van der Waals surface area contributed by atoms with Crippen molar-refractivity contribution in [3.8, 4) is 5.75 Å². The molecule has 4 fully saturated rings. The van der Waals surface area contributed by atoms with Crippen molar-refractivity contribution < 1.29 is 4.74 Å². The molecule has 1 nitrogen and oxygen atoms in total. The number of benzene rings is 1. The van der Waals surface area contributed by atoms with E-state index < -0.39 is 0 Å². The summed E-state index contributed by atoms with van der Waals surface area (Å²) in [6.07, 6.45) is 9.00. The molecule has 114 valence electrons. The first kappa shape index (κ1) is 14.3. The monoisotopic (exact) mass is 396 g/mol. The fraction of sp³-hybridized carbons (Fsp3) is 0.684. The molecule has 2 heteroatoms. The van der Waals surface area contributed by atoms with Crippen LogP contribution in [0.25, 0.3) is 0 Å². The lowest BCUT2D eigenvalue weighted by molar-refractivity contribution is -0.00673. The molecule has 0 aliphatic heterocycles. The molecule has 4 saturated carbocycles. The Labute approximate surface area is 142 Å². The topological polar surface area (TPSA) is 9.23 Å². The maximum Gasteiger partial charge on any atom is 0.123 e. The highest BCUT2D eigenvalue weighted by atomic mass is 127. The fourth-order valence-electron chi connectivity index (χ4n) is 5.71. The second kappa shape index (κ2) is 5.14. The highest BCUT2D eigenvalue weighted by molar-refractivity contribution is 14.1. The van der Waals surface area contributed by atoms with Gasteiger partial charge in [-0.1, -0.05) is 0 Å². The molecule has 0 spiro atoms. The molecule has 0 radical (unpaired) electrons. The Morgan fingerprint density at radius 2 is 1.62 bits per heavy atom. The van der Waals surface area contributed by atoms with Crippen LogP contribution < -0.4 is 4.74 Å². The molecule has 0 aromatic heterocycles. The Kier molecular flexibility index (Phi) is 3.51. The van der Waals surface area contributed by atoms with Crippen LogP contribution in [0.3, 0.4) is 0 Å². The lowest BCUT2D eigenvalue weighted by Crippen LogP contribution is -2.48. The first-order valence-electron chi connectivity index (χ1n) is 8.51. The van der Waals surface area contributed by atoms with Crippen LogP contribution >= 0.6 is 22.6 Å². The molecule has 4 aliphatic carbocycles. The second-order valence-electron chi connectivity index (χ2n) is 8.00. The van der Waals surface area contributed by atoms with Gasteiger partial charge in [-0.15, -0.1) is 0 Å². The van der Waals surface area contributed by atoms with E-state index in [1.807, 2.05) is 0 Å². The Balaban J connectivity index is 1.76. The summed E-state index contributed by atoms with van der Waals surface area (Å²) in [6, 6.07) is 6.84. The Hall–Kier alpha value is -0.250. The van der Waals surface area contributed by atoms with E-state index in [1.54, 1.807) is 0 Å². The zero-order valence-corrected chi connectivity index (χ0v) is 15.2. The van der Waals surface area contributed by atoms with Gasteiger partial charge in [-0.05, 0) is 116 Å². The van der Waals surface area contributed by atoms with Crippen molar-refractivity contribution in [1.29, 1.82) is 0 Å². The minimum atomic E-state index is 0.262. The summed E-state index contributed by atoms with van der Waals surface area (Å²) in [4.78, 5) is 0. The van der Waals surface area contributed by atoms with Crippen LogP contribution in [-0.4, -0.2) is 6.10 Å². The maximum absolute atomic E-state index is 6.19. The van der Waals surface area contributed by atoms with E-state index in [0.717, 1.165) is 23.5 Å². The SMILES string of the molecule is CC(C)Oc1ccc(I)cc1C12CC3CC(CC(C3)C1)C2. The van der Waals surface area contributed by atoms with Gasteiger partial charge in [-0.2, -0.15) is 0 Å². The first-order valence-corrected chi connectivity index (χ1v) is 9.59. The van der Waals surface area contributed by atoms with Gasteiger partial charge < -0.3 is 4.74 Å². The molecule has 5 rings (SSSR count). The molecule has 1 aromatic carbocycles. The van der Waals surface area contributed by atoms with Gasteiger partial charge >= 0.3 is 0 Å². The van der Waals surface area contributed by atoms with Crippen LogP contribution in [0, 0.1) is 21.3 Å². The molecule has 1 aromatic rings. The standard InChI is InChI=1S/C19H25IO/c1-12(2)21-18-4-3-16(20)8-17(18)19-9-13-5-14(10-19)7-15(6-13)11-19/h3-4,8,12-15H,5-7,9-11H2,1-2H3. The molecule has 4 bridgehead atoms. The van der Waals surface area contributed by atoms with Crippen LogP contribution in [-0.2, 0) is 5.41 Å². The minimum absolute atomic E-state index is 0.262. The van der Waals surface area contributed by atoms with Crippen LogP contribution in [0.5, 0.6) is 5.75 Å². The Morgan fingerprint density at radius 1 is 1.05 bits per heavy atom. The highest BCUT2D eigenvalue weighted by Crippen LogP contribution is 2.62. The molecule has 21 heavy (non-hydrogen) atoms. The summed E-state index contributed by atoms with van der Waals surface area (Å²) in [7, 11) is 0. The lowest BCUT2D eigenvalue weighted by Gasteiger charge is -2.57. The van der Waals surface area contributed by atoms with E-state index in [2.05, 4.69) is 54.6 Å². The van der Waals surface area contributed by atoms with Crippen LogP contribution in [0.2, 0.25) is 0 Å². The van der Waals surface area contributed by atoms with Gasteiger partial charge in [-0.25, -0.2) is 0 Å². The van der Waals surface area contributed by atoms with Crippen molar-refractivity contribution in [3.63, 3.8) is 0 Å². The molecular weight excluding hydrogens is 371 g/mol. The third-order valence-electron chi connectivity index (χ3n) is 5.91. The maximum atomic E-state index is 6.19. The summed E-state index contributed by atoms with van der Waals surface area (Å²) in [5, 5.41) is 0. The van der Waals surface area contributed by atoms with Crippen LogP contribution in [0.15, 0.2) is 18.2 Å². The fourth-order valence-corrected chi connectivity index (χ4v) is 6.21. The van der Waals surface area contributed by atoms with E-state index in [0.29, 0.717) is 5.41 Å². The van der Waals surface area contributed by atoms with E-state index in [9.17, 15) is 0 Å². The van der Waals surface area contributed by atoms with Crippen molar-refractivity contribution in [2.45, 2.75) is 63.9 Å². The molecule has 0 heterocycles. The molecule has 0 saturated heterocycles.